The van der Waals surface area contributed by atoms with E-state index in [-0.39, 0.29) is 0 Å². The third kappa shape index (κ3) is 13.2. The first-order chi connectivity index (χ1) is 34.1. The average molecular weight is 1160 g/mol. The van der Waals surface area contributed by atoms with Crippen molar-refractivity contribution in [2.24, 2.45) is 0 Å². The fourth-order valence-electron chi connectivity index (χ4n) is 8.17. The first-order valence-electron chi connectivity index (χ1n) is 20.6. The Kier molecular flexibility index (Phi) is 15.4. The van der Waals surface area contributed by atoms with E-state index in [4.69, 9.17) is 0 Å². The largest absolute Gasteiger partial charge is 0.416 e. The van der Waals surface area contributed by atoms with Gasteiger partial charge in [-0.15, -0.1) is 0 Å². The molecular weight excluding hydrogens is 1140 g/mol. The second kappa shape index (κ2) is 19.9. The maximum atomic E-state index is 14.2. The summed E-state index contributed by atoms with van der Waals surface area (Å²) in [5, 5.41) is 2.52. The summed E-state index contributed by atoms with van der Waals surface area (Å²) in [6.45, 7) is 0.881. The minimum absolute atomic E-state index is 0.691. The second-order valence-corrected chi connectivity index (χ2v) is 17.4. The summed E-state index contributed by atoms with van der Waals surface area (Å²) in [6.07, 6.45) is -52.6. The molecule has 0 aliphatic rings. The first kappa shape index (κ1) is 57.9. The fourth-order valence-corrected chi connectivity index (χ4v) is 8.65. The van der Waals surface area contributed by atoms with Gasteiger partial charge in [0, 0.05) is 32.9 Å². The van der Waals surface area contributed by atoms with Gasteiger partial charge in [-0.3, -0.25) is 0 Å². The van der Waals surface area contributed by atoms with Gasteiger partial charge in [-0.2, -0.15) is 132 Å². The van der Waals surface area contributed by atoms with Gasteiger partial charge in [0.1, 0.15) is 6.15 Å². The quantitative estimate of drug-likeness (QED) is 0.0676. The zero-order valence-corrected chi connectivity index (χ0v) is 38.0. The summed E-state index contributed by atoms with van der Waals surface area (Å²) in [7, 11) is 0. The minimum Gasteiger partial charge on any atom is -0.194 e. The fraction of sp³-hybridized carbons (Fsp3) is 0.188. The molecule has 75 heavy (non-hydrogen) atoms. The highest BCUT2D eigenvalue weighted by Gasteiger charge is 2.47. The van der Waals surface area contributed by atoms with Gasteiger partial charge >= 0.3 is 49.4 Å². The van der Waals surface area contributed by atoms with Crippen LogP contribution in [-0.4, -0.2) is 6.15 Å². The van der Waals surface area contributed by atoms with E-state index in [0.717, 1.165) is 11.1 Å². The highest BCUT2D eigenvalue weighted by atomic mass is 79.9. The number of rotatable bonds is 6. The second-order valence-electron chi connectivity index (χ2n) is 16.6. The van der Waals surface area contributed by atoms with Gasteiger partial charge in [-0.1, -0.05) is 97.1 Å². The molecule has 400 valence electrons. The normalized spacial score (nSPS) is 13.5. The van der Waals surface area contributed by atoms with Crippen molar-refractivity contribution in [3.05, 3.63) is 194 Å². The van der Waals surface area contributed by atoms with Crippen molar-refractivity contribution in [3.63, 3.8) is 0 Å². The zero-order chi connectivity index (χ0) is 56.3. The van der Waals surface area contributed by atoms with Gasteiger partial charge in [-0.05, 0) is 35.7 Å². The molecule has 0 saturated carbocycles. The highest BCUT2D eigenvalue weighted by molar-refractivity contribution is 9.10. The Balaban J connectivity index is 0.000000421. The van der Waals surface area contributed by atoms with E-state index in [0.29, 0.717) is 0 Å². The number of hydrogen-bond donors (Lipinski definition) is 0. The number of benzene rings is 6. The van der Waals surface area contributed by atoms with Crippen LogP contribution in [0.25, 0.3) is 10.8 Å². The van der Waals surface area contributed by atoms with Crippen LogP contribution >= 0.6 is 15.9 Å². The number of pyridine rings is 1. The molecule has 7 aromatic rings. The maximum absolute atomic E-state index is 14.2. The van der Waals surface area contributed by atoms with E-state index in [1.54, 1.807) is 0 Å². The third-order valence-corrected chi connectivity index (χ3v) is 12.2. The Morgan fingerprint density at radius 1 is 0.307 bits per heavy atom. The number of aromatic nitrogens is 1. The van der Waals surface area contributed by atoms with Crippen LogP contribution in [-0.2, 0) is 56.0 Å². The summed E-state index contributed by atoms with van der Waals surface area (Å²) in [5.41, 5.74) is -28.9. The zero-order valence-electron chi connectivity index (χ0n) is 36.5. The van der Waals surface area contributed by atoms with E-state index in [1.165, 1.54) is 16.3 Å². The molecule has 0 fully saturated rings. The Morgan fingerprint density at radius 2 is 0.547 bits per heavy atom. The summed E-state index contributed by atoms with van der Waals surface area (Å²) >= 11 is 3.64. The summed E-state index contributed by atoms with van der Waals surface area (Å²) < 4.78 is 344. The van der Waals surface area contributed by atoms with Crippen LogP contribution in [0.3, 0.4) is 0 Å². The molecule has 27 heteroatoms. The number of hydrogen-bond acceptors (Lipinski definition) is 0. The summed E-state index contributed by atoms with van der Waals surface area (Å²) in [6, 6.07) is 12.3. The third-order valence-electron chi connectivity index (χ3n) is 11.5. The van der Waals surface area contributed by atoms with Gasteiger partial charge < -0.3 is 0 Å². The molecule has 0 spiro atoms. The molecule has 0 bridgehead atoms. The van der Waals surface area contributed by atoms with Gasteiger partial charge in [-0.25, -0.2) is 0 Å². The molecule has 6 aromatic carbocycles. The lowest BCUT2D eigenvalue weighted by molar-refractivity contribution is -0.697. The molecule has 0 unspecified atom stereocenters. The minimum atomic E-state index is -6.13. The van der Waals surface area contributed by atoms with Crippen LogP contribution in [0.15, 0.2) is 144 Å². The SMILES string of the molecule is Brc1cc2ccccc2c[n+]1Cc1ccccc1.FC(F)(F)c1cc([B-](c2cc(C(F)(F)F)cc(C(F)(F)F)c2)(c2cc(C(F)(F)F)cc(C(F)(F)F)c2)c2cc(C(F)(F)F)cc(C(F)(F)F)c2)cc(C(F)(F)F)c1. The lowest BCUT2D eigenvalue weighted by Gasteiger charge is -2.46. The van der Waals surface area contributed by atoms with E-state index in [9.17, 15) is 105 Å². The van der Waals surface area contributed by atoms with Gasteiger partial charge in [0.05, 0.1) is 44.5 Å². The van der Waals surface area contributed by atoms with Crippen molar-refractivity contribution in [2.75, 3.05) is 0 Å². The van der Waals surface area contributed by atoms with E-state index < -0.39 is 195 Å². The van der Waals surface area contributed by atoms with Crippen molar-refractivity contribution < 1.29 is 110 Å². The molecule has 0 aliphatic heterocycles. The van der Waals surface area contributed by atoms with Crippen LogP contribution in [0.1, 0.15) is 50.1 Å². The average Bonchev–Trinajstić information content (AvgIpc) is 3.27. The Bertz CT molecular complexity index is 2760. The van der Waals surface area contributed by atoms with Crippen LogP contribution < -0.4 is 26.4 Å². The monoisotopic (exact) mass is 1160 g/mol. The van der Waals surface area contributed by atoms with Crippen LogP contribution in [0.4, 0.5) is 105 Å². The lowest BCUT2D eigenvalue weighted by atomic mass is 9.12. The Morgan fingerprint density at radius 3 is 0.800 bits per heavy atom. The topological polar surface area (TPSA) is 3.88 Å². The summed E-state index contributed by atoms with van der Waals surface area (Å²) in [5.74, 6) is 0. The predicted molar refractivity (Wildman–Crippen MR) is 227 cm³/mol. The molecule has 0 amide bonds. The van der Waals surface area contributed by atoms with E-state index in [1.807, 2.05) is 6.07 Å². The van der Waals surface area contributed by atoms with Crippen molar-refractivity contribution in [1.82, 2.24) is 0 Å². The number of fused-ring (bicyclic) bond motifs is 1. The number of halogens is 25. The van der Waals surface area contributed by atoms with Crippen LogP contribution in [0.5, 0.6) is 0 Å². The molecule has 0 radical (unpaired) electrons. The molecule has 1 aromatic heterocycles. The summed E-state index contributed by atoms with van der Waals surface area (Å²) in [4.78, 5) is 0. The molecule has 1 heterocycles. The lowest BCUT2D eigenvalue weighted by Crippen LogP contribution is -2.75. The van der Waals surface area contributed by atoms with Crippen LogP contribution in [0.2, 0.25) is 0 Å². The van der Waals surface area contributed by atoms with Crippen molar-refractivity contribution in [3.8, 4) is 0 Å². The van der Waals surface area contributed by atoms with E-state index >= 15 is 0 Å². The molecule has 1 nitrogen and oxygen atoms in total. The van der Waals surface area contributed by atoms with Crippen LogP contribution in [0, 0.1) is 0 Å². The Labute approximate surface area is 414 Å². The van der Waals surface area contributed by atoms with Crippen molar-refractivity contribution in [2.45, 2.75) is 56.0 Å². The molecule has 0 N–H and O–H groups in total. The smallest absolute Gasteiger partial charge is 0.194 e. The molecule has 7 rings (SSSR count). The molecule has 0 atom stereocenters. The van der Waals surface area contributed by atoms with E-state index in [2.05, 4.69) is 81.3 Å². The van der Waals surface area contributed by atoms with Crippen molar-refractivity contribution >= 4 is 54.7 Å². The van der Waals surface area contributed by atoms with Gasteiger partial charge in [0.15, 0.2) is 12.7 Å². The van der Waals surface area contributed by atoms with Gasteiger partial charge in [0.25, 0.3) is 0 Å². The maximum Gasteiger partial charge on any atom is 0.416 e. The number of alkyl halides is 24. The molecule has 0 aliphatic carbocycles. The van der Waals surface area contributed by atoms with Gasteiger partial charge in [0.2, 0.25) is 4.60 Å². The Hall–Kier alpha value is -6.41. The molecule has 0 saturated heterocycles. The standard InChI is InChI=1S/C32H12BF24.C16H13BrN/c34-25(35,36)13-1-14(26(37,38)39)6-21(5-13)33(22-7-15(27(40,41)42)2-16(8-22)28(43,44)45,23-9-17(29(46,47)48)3-18(10-23)30(49,50)51)24-11-19(31(52,53)54)4-20(12-24)32(55,56)57;17-16-10-14-8-4-5-9-15(14)12-18(16)11-13-6-2-1-3-7-13/h1-12H;1-10,12H,11H2/q-1;+1. The number of nitrogens with zero attached hydrogens (tertiary/aromatic N) is 1. The first-order valence-corrected chi connectivity index (χ1v) is 21.4. The molecular formula is C48H25BBrF24N. The van der Waals surface area contributed by atoms with Crippen molar-refractivity contribution in [1.29, 1.82) is 0 Å². The highest BCUT2D eigenvalue weighted by Crippen LogP contribution is 2.41. The predicted octanol–water partition coefficient (Wildman–Crippen LogP) is 15.2.